The van der Waals surface area contributed by atoms with Crippen LogP contribution < -0.4 is 5.73 Å². The number of amides is 1. The van der Waals surface area contributed by atoms with Gasteiger partial charge in [0.1, 0.15) is 5.60 Å². The minimum Gasteiger partial charge on any atom is -0.444 e. The van der Waals surface area contributed by atoms with Crippen molar-refractivity contribution in [3.8, 4) is 0 Å². The van der Waals surface area contributed by atoms with Crippen LogP contribution in [0.5, 0.6) is 0 Å². The molecule has 0 aliphatic rings. The van der Waals surface area contributed by atoms with E-state index in [-0.39, 0.29) is 12.1 Å². The molecule has 4 nitrogen and oxygen atoms in total. The van der Waals surface area contributed by atoms with E-state index in [1.165, 1.54) is 0 Å². The summed E-state index contributed by atoms with van der Waals surface area (Å²) in [6.45, 7) is 12.1. The van der Waals surface area contributed by atoms with Crippen LogP contribution in [0.4, 0.5) is 10.5 Å². The van der Waals surface area contributed by atoms with Crippen LogP contribution in [0.2, 0.25) is 0 Å². The van der Waals surface area contributed by atoms with E-state index in [1.54, 1.807) is 4.90 Å². The van der Waals surface area contributed by atoms with E-state index in [9.17, 15) is 4.79 Å². The molecule has 1 amide bonds. The van der Waals surface area contributed by atoms with Gasteiger partial charge in [0.05, 0.1) is 6.04 Å². The third-order valence-electron chi connectivity index (χ3n) is 3.22. The maximum absolute atomic E-state index is 12.2. The molecule has 112 valence electrons. The Morgan fingerprint density at radius 1 is 1.40 bits per heavy atom. The zero-order valence-electron chi connectivity index (χ0n) is 13.4. The molecule has 0 aliphatic heterocycles. The molecule has 0 saturated carbocycles. The third-order valence-corrected chi connectivity index (χ3v) is 3.22. The third kappa shape index (κ3) is 4.15. The van der Waals surface area contributed by atoms with E-state index in [0.29, 0.717) is 6.54 Å². The lowest BCUT2D eigenvalue weighted by atomic mass is 10.0. The van der Waals surface area contributed by atoms with Crippen molar-refractivity contribution in [2.24, 2.45) is 0 Å². The monoisotopic (exact) mass is 278 g/mol. The highest BCUT2D eigenvalue weighted by Gasteiger charge is 2.25. The molecule has 0 aromatic heterocycles. The van der Waals surface area contributed by atoms with Crippen LogP contribution >= 0.6 is 0 Å². The number of rotatable bonds is 3. The average molecular weight is 278 g/mol. The van der Waals surface area contributed by atoms with Crippen molar-refractivity contribution >= 4 is 11.8 Å². The van der Waals surface area contributed by atoms with Gasteiger partial charge >= 0.3 is 6.09 Å². The minimum atomic E-state index is -0.490. The number of aryl methyl sites for hydroxylation is 1. The van der Waals surface area contributed by atoms with E-state index >= 15 is 0 Å². The fraction of sp³-hybridized carbons (Fsp3) is 0.562. The summed E-state index contributed by atoms with van der Waals surface area (Å²) in [6.07, 6.45) is -0.299. The van der Waals surface area contributed by atoms with E-state index < -0.39 is 5.60 Å². The van der Waals surface area contributed by atoms with E-state index in [0.717, 1.165) is 16.8 Å². The van der Waals surface area contributed by atoms with Gasteiger partial charge < -0.3 is 15.4 Å². The molecule has 0 heterocycles. The lowest BCUT2D eigenvalue weighted by Gasteiger charge is -2.31. The summed E-state index contributed by atoms with van der Waals surface area (Å²) >= 11 is 0. The number of nitrogens with two attached hydrogens (primary N) is 1. The van der Waals surface area contributed by atoms with Gasteiger partial charge in [-0.3, -0.25) is 0 Å². The van der Waals surface area contributed by atoms with Crippen LogP contribution in [0.25, 0.3) is 0 Å². The Balaban J connectivity index is 2.93. The zero-order valence-corrected chi connectivity index (χ0v) is 13.4. The molecule has 1 rings (SSSR count). The number of benzene rings is 1. The van der Waals surface area contributed by atoms with Crippen LogP contribution in [-0.2, 0) is 4.74 Å². The van der Waals surface area contributed by atoms with Crippen molar-refractivity contribution in [1.29, 1.82) is 0 Å². The Labute approximate surface area is 121 Å². The molecule has 0 unspecified atom stereocenters. The summed E-state index contributed by atoms with van der Waals surface area (Å²) in [7, 11) is 0. The van der Waals surface area contributed by atoms with Gasteiger partial charge in [-0.15, -0.1) is 0 Å². The SMILES string of the molecule is CCN(C(=O)OC(C)(C)C)[C@@H](C)c1ccc(C)c(N)c1. The molecular weight excluding hydrogens is 252 g/mol. The Bertz CT molecular complexity index is 478. The first kappa shape index (κ1) is 16.3. The quantitative estimate of drug-likeness (QED) is 0.853. The van der Waals surface area contributed by atoms with Crippen LogP contribution in [-0.4, -0.2) is 23.1 Å². The molecular formula is C16H26N2O2. The Morgan fingerprint density at radius 2 is 2.00 bits per heavy atom. The zero-order chi connectivity index (χ0) is 15.5. The highest BCUT2D eigenvalue weighted by molar-refractivity contribution is 5.69. The summed E-state index contributed by atoms with van der Waals surface area (Å²) in [5.41, 5.74) is 8.26. The standard InChI is InChI=1S/C16H26N2O2/c1-7-18(15(19)20-16(4,5)6)12(3)13-9-8-11(2)14(17)10-13/h8-10,12H,7,17H2,1-6H3/t12-/m0/s1. The molecule has 1 aromatic rings. The Kier molecular flexibility index (Phi) is 5.03. The van der Waals surface area contributed by atoms with Crippen molar-refractivity contribution in [2.45, 2.75) is 53.2 Å². The lowest BCUT2D eigenvalue weighted by molar-refractivity contribution is 0.0186. The van der Waals surface area contributed by atoms with Crippen LogP contribution in [0.3, 0.4) is 0 Å². The van der Waals surface area contributed by atoms with Crippen molar-refractivity contribution in [3.05, 3.63) is 29.3 Å². The second kappa shape index (κ2) is 6.16. The molecule has 1 atom stereocenters. The van der Waals surface area contributed by atoms with Gasteiger partial charge in [0.25, 0.3) is 0 Å². The molecule has 1 aromatic carbocycles. The number of ether oxygens (including phenoxy) is 1. The van der Waals surface area contributed by atoms with Crippen molar-refractivity contribution in [1.82, 2.24) is 4.90 Å². The number of nitrogens with zero attached hydrogens (tertiary/aromatic N) is 1. The highest BCUT2D eigenvalue weighted by atomic mass is 16.6. The topological polar surface area (TPSA) is 55.6 Å². The molecule has 0 spiro atoms. The van der Waals surface area contributed by atoms with Crippen LogP contribution in [0.15, 0.2) is 18.2 Å². The fourth-order valence-corrected chi connectivity index (χ4v) is 1.98. The second-order valence-electron chi connectivity index (χ2n) is 6.06. The number of hydrogen-bond acceptors (Lipinski definition) is 3. The van der Waals surface area contributed by atoms with Gasteiger partial charge in [0.15, 0.2) is 0 Å². The maximum atomic E-state index is 12.2. The van der Waals surface area contributed by atoms with Gasteiger partial charge in [-0.2, -0.15) is 0 Å². The molecule has 20 heavy (non-hydrogen) atoms. The summed E-state index contributed by atoms with van der Waals surface area (Å²) in [5.74, 6) is 0. The number of hydrogen-bond donors (Lipinski definition) is 1. The first-order valence-corrected chi connectivity index (χ1v) is 7.01. The summed E-state index contributed by atoms with van der Waals surface area (Å²) in [5, 5.41) is 0. The van der Waals surface area contributed by atoms with E-state index in [2.05, 4.69) is 0 Å². The molecule has 0 bridgehead atoms. The summed E-state index contributed by atoms with van der Waals surface area (Å²) < 4.78 is 5.44. The van der Waals surface area contributed by atoms with Gasteiger partial charge in [-0.1, -0.05) is 12.1 Å². The van der Waals surface area contributed by atoms with Crippen molar-refractivity contribution in [2.75, 3.05) is 12.3 Å². The maximum Gasteiger partial charge on any atom is 0.410 e. The van der Waals surface area contributed by atoms with Gasteiger partial charge in [0, 0.05) is 12.2 Å². The molecule has 0 aliphatic carbocycles. The number of anilines is 1. The van der Waals surface area contributed by atoms with Gasteiger partial charge in [-0.05, 0) is 58.7 Å². The van der Waals surface area contributed by atoms with Crippen LogP contribution in [0, 0.1) is 6.92 Å². The van der Waals surface area contributed by atoms with Gasteiger partial charge in [-0.25, -0.2) is 4.79 Å². The van der Waals surface area contributed by atoms with Gasteiger partial charge in [0.2, 0.25) is 0 Å². The average Bonchev–Trinajstić information content (AvgIpc) is 2.31. The normalized spacial score (nSPS) is 12.9. The summed E-state index contributed by atoms with van der Waals surface area (Å²) in [6, 6.07) is 5.83. The highest BCUT2D eigenvalue weighted by Crippen LogP contribution is 2.25. The first-order valence-electron chi connectivity index (χ1n) is 7.01. The first-order chi connectivity index (χ1) is 9.15. The summed E-state index contributed by atoms with van der Waals surface area (Å²) in [4.78, 5) is 13.9. The predicted molar refractivity (Wildman–Crippen MR) is 82.6 cm³/mol. The molecule has 2 N–H and O–H groups in total. The minimum absolute atomic E-state index is 0.0715. The number of nitrogen functional groups attached to an aromatic ring is 1. The van der Waals surface area contributed by atoms with Crippen molar-refractivity contribution < 1.29 is 9.53 Å². The lowest BCUT2D eigenvalue weighted by Crippen LogP contribution is -2.38. The molecule has 4 heteroatoms. The van der Waals surface area contributed by atoms with Crippen molar-refractivity contribution in [3.63, 3.8) is 0 Å². The molecule has 0 saturated heterocycles. The van der Waals surface area contributed by atoms with E-state index in [4.69, 9.17) is 10.5 Å². The predicted octanol–water partition coefficient (Wildman–Crippen LogP) is 3.90. The Morgan fingerprint density at radius 3 is 2.45 bits per heavy atom. The molecule has 0 fully saturated rings. The fourth-order valence-electron chi connectivity index (χ4n) is 1.98. The number of carbonyl (C=O) groups is 1. The van der Waals surface area contributed by atoms with Crippen LogP contribution in [0.1, 0.15) is 51.8 Å². The van der Waals surface area contributed by atoms with E-state index in [1.807, 2.05) is 59.7 Å². The molecule has 0 radical (unpaired) electrons. The largest absolute Gasteiger partial charge is 0.444 e. The second-order valence-corrected chi connectivity index (χ2v) is 6.06. The Hall–Kier alpha value is -1.71. The number of carbonyl (C=O) groups excluding carboxylic acids is 1. The smallest absolute Gasteiger partial charge is 0.410 e.